The molecule has 7 heteroatoms. The van der Waals surface area contributed by atoms with Gasteiger partial charge in [0.05, 0.1) is 14.0 Å². The lowest BCUT2D eigenvalue weighted by Gasteiger charge is -2.12. The fraction of sp³-hybridized carbons (Fsp3) is 0.857. The van der Waals surface area contributed by atoms with E-state index in [4.69, 9.17) is 17.7 Å². The summed E-state index contributed by atoms with van der Waals surface area (Å²) in [5.74, 6) is -3.22. The summed E-state index contributed by atoms with van der Waals surface area (Å²) in [6, 6.07) is 0. The number of carboxylic acids is 1. The molecule has 1 saturated carbocycles. The van der Waals surface area contributed by atoms with Gasteiger partial charge in [-0.3, -0.25) is 0 Å². The largest absolute Gasteiger partial charge is 0.593 e. The van der Waals surface area contributed by atoms with Gasteiger partial charge in [0.15, 0.2) is 0 Å². The lowest BCUT2D eigenvalue weighted by atomic mass is 9.86. The van der Waals surface area contributed by atoms with Gasteiger partial charge in [-0.05, 0) is 12.8 Å². The number of carboxylic acid groups (broad SMARTS) is 1. The van der Waals surface area contributed by atoms with Crippen LogP contribution in [0.15, 0.2) is 0 Å². The van der Waals surface area contributed by atoms with Crippen LogP contribution in [0.5, 0.6) is 0 Å². The van der Waals surface area contributed by atoms with Gasteiger partial charge in [-0.15, -0.1) is 0 Å². The molecule has 1 fully saturated rings. The van der Waals surface area contributed by atoms with Crippen molar-refractivity contribution < 1.29 is 24.1 Å². The second-order valence-electron chi connectivity index (χ2n) is 3.31. The highest BCUT2D eigenvalue weighted by atomic mass is 31.1. The Balaban J connectivity index is 2.48. The number of carbonyl (C=O) groups is 1. The number of aliphatic carboxylic acids is 1. The van der Waals surface area contributed by atoms with Crippen LogP contribution in [0, 0.1) is 0 Å². The van der Waals surface area contributed by atoms with E-state index in [2.05, 4.69) is 0 Å². The minimum Gasteiger partial charge on any atom is -0.593 e. The Morgan fingerprint density at radius 3 is 2.64 bits per heavy atom. The lowest BCUT2D eigenvalue weighted by molar-refractivity contribution is -0.181. The Morgan fingerprint density at radius 1 is 1.64 bits per heavy atom. The smallest absolute Gasteiger partial charge is 0.384 e. The zero-order valence-electron chi connectivity index (χ0n) is 7.46. The molecule has 0 aromatic carbocycles. The summed E-state index contributed by atoms with van der Waals surface area (Å²) in [6.45, 7) is 0. The van der Waals surface area contributed by atoms with Crippen LogP contribution in [0.25, 0.3) is 0 Å². The van der Waals surface area contributed by atoms with E-state index in [-0.39, 0.29) is 11.9 Å². The molecule has 4 atom stereocenters. The molecule has 0 bridgehead atoms. The summed E-state index contributed by atoms with van der Waals surface area (Å²) in [4.78, 5) is 21.0. The fourth-order valence-electron chi connectivity index (χ4n) is 1.48. The SMILES string of the molecule is [B]C1CCC(OC(C(=O)O)[P+](=O)[O-])C1. The fourth-order valence-corrected chi connectivity index (χ4v) is 1.93. The van der Waals surface area contributed by atoms with Gasteiger partial charge >= 0.3 is 19.8 Å². The van der Waals surface area contributed by atoms with Crippen molar-refractivity contribution in [2.24, 2.45) is 0 Å². The van der Waals surface area contributed by atoms with Crippen molar-refractivity contribution in [1.29, 1.82) is 0 Å². The molecule has 1 rings (SSSR count). The first-order valence-corrected chi connectivity index (χ1v) is 5.52. The summed E-state index contributed by atoms with van der Waals surface area (Å²) in [5.41, 5.74) is 0. The third kappa shape index (κ3) is 3.05. The predicted molar refractivity (Wildman–Crippen MR) is 47.3 cm³/mol. The standard InChI is InChI=1S/C7H10BO5P/c8-4-1-2-5(3-4)13-7(6(9)10)14(11)12/h4-5,7H,1-3H2,(H,9,10). The molecule has 1 aliphatic rings. The maximum Gasteiger partial charge on any atom is 0.384 e. The molecule has 0 spiro atoms. The van der Waals surface area contributed by atoms with E-state index in [0.29, 0.717) is 12.8 Å². The Labute approximate surface area is 83.7 Å². The highest BCUT2D eigenvalue weighted by Gasteiger charge is 2.36. The molecule has 76 valence electrons. The summed E-state index contributed by atoms with van der Waals surface area (Å²) >= 11 is 0. The van der Waals surface area contributed by atoms with Gasteiger partial charge in [-0.2, -0.15) is 0 Å². The van der Waals surface area contributed by atoms with Crippen LogP contribution in [0.3, 0.4) is 0 Å². The number of rotatable bonds is 4. The number of ether oxygens (including phenoxy) is 1. The normalized spacial score (nSPS) is 29.9. The molecule has 0 saturated heterocycles. The molecular formula is C7H10BO5P. The molecule has 2 radical (unpaired) electrons. The summed E-state index contributed by atoms with van der Waals surface area (Å²) in [5, 5.41) is 8.53. The third-order valence-electron chi connectivity index (χ3n) is 2.15. The first-order valence-electron chi connectivity index (χ1n) is 4.28. The van der Waals surface area contributed by atoms with Crippen molar-refractivity contribution in [2.75, 3.05) is 0 Å². The summed E-state index contributed by atoms with van der Waals surface area (Å²) < 4.78 is 15.4. The van der Waals surface area contributed by atoms with Gasteiger partial charge in [0.1, 0.15) is 0 Å². The first kappa shape index (κ1) is 11.6. The van der Waals surface area contributed by atoms with Gasteiger partial charge < -0.3 is 14.7 Å². The molecule has 14 heavy (non-hydrogen) atoms. The second-order valence-corrected chi connectivity index (χ2v) is 4.35. The highest BCUT2D eigenvalue weighted by Crippen LogP contribution is 2.33. The van der Waals surface area contributed by atoms with Gasteiger partial charge in [0, 0.05) is 0 Å². The minimum atomic E-state index is -3.10. The third-order valence-corrected chi connectivity index (χ3v) is 2.87. The zero-order chi connectivity index (χ0) is 10.7. The molecule has 1 aliphatic carbocycles. The lowest BCUT2D eigenvalue weighted by Crippen LogP contribution is -2.27. The molecule has 5 nitrogen and oxygen atoms in total. The van der Waals surface area contributed by atoms with Gasteiger partial charge in [-0.25, -0.2) is 4.79 Å². The molecular weight excluding hydrogens is 206 g/mol. The molecule has 1 N–H and O–H groups in total. The number of hydrogen-bond acceptors (Lipinski definition) is 4. The van der Waals surface area contributed by atoms with Crippen molar-refractivity contribution in [2.45, 2.75) is 37.0 Å². The Hall–Kier alpha value is -0.445. The Bertz CT molecular complexity index is 232. The van der Waals surface area contributed by atoms with Crippen molar-refractivity contribution >= 4 is 21.8 Å². The molecule has 0 heterocycles. The molecule has 0 amide bonds. The van der Waals surface area contributed by atoms with Crippen LogP contribution in [0.4, 0.5) is 0 Å². The van der Waals surface area contributed by atoms with E-state index >= 15 is 0 Å². The van der Waals surface area contributed by atoms with Crippen LogP contribution in [0.2, 0.25) is 5.82 Å². The summed E-state index contributed by atoms with van der Waals surface area (Å²) in [7, 11) is 2.48. The Morgan fingerprint density at radius 2 is 2.29 bits per heavy atom. The number of hydrogen-bond donors (Lipinski definition) is 1. The van der Waals surface area contributed by atoms with Crippen LogP contribution in [-0.4, -0.2) is 30.9 Å². The van der Waals surface area contributed by atoms with E-state index in [1.54, 1.807) is 0 Å². The summed E-state index contributed by atoms with van der Waals surface area (Å²) in [6.07, 6.45) is 1.53. The minimum absolute atomic E-state index is 0.0148. The molecule has 0 aromatic rings. The van der Waals surface area contributed by atoms with E-state index in [0.717, 1.165) is 6.42 Å². The molecule has 0 aliphatic heterocycles. The van der Waals surface area contributed by atoms with Gasteiger partial charge in [0.25, 0.3) is 0 Å². The predicted octanol–water partition coefficient (Wildman–Crippen LogP) is 0.0259. The van der Waals surface area contributed by atoms with Gasteiger partial charge in [-0.1, -0.05) is 16.8 Å². The van der Waals surface area contributed by atoms with Crippen molar-refractivity contribution in [3.8, 4) is 0 Å². The quantitative estimate of drug-likeness (QED) is 0.528. The van der Waals surface area contributed by atoms with E-state index in [9.17, 15) is 14.3 Å². The highest BCUT2D eigenvalue weighted by molar-refractivity contribution is 7.38. The first-order chi connectivity index (χ1) is 6.50. The van der Waals surface area contributed by atoms with Crippen molar-refractivity contribution in [3.05, 3.63) is 0 Å². The van der Waals surface area contributed by atoms with Crippen molar-refractivity contribution in [1.82, 2.24) is 0 Å². The average molecular weight is 216 g/mol. The van der Waals surface area contributed by atoms with Crippen molar-refractivity contribution in [3.63, 3.8) is 0 Å². The maximum atomic E-state index is 10.5. The molecule has 4 unspecified atom stereocenters. The topological polar surface area (TPSA) is 86.7 Å². The second kappa shape index (κ2) is 4.87. The Kier molecular flexibility index (Phi) is 4.04. The zero-order valence-corrected chi connectivity index (χ0v) is 8.35. The van der Waals surface area contributed by atoms with Gasteiger partial charge in [0.2, 0.25) is 0 Å². The maximum absolute atomic E-state index is 10.5. The molecule has 0 aromatic heterocycles. The van der Waals surface area contributed by atoms with E-state index < -0.39 is 19.8 Å². The average Bonchev–Trinajstić information content (AvgIpc) is 2.46. The van der Waals surface area contributed by atoms with Crippen LogP contribution in [-0.2, 0) is 14.1 Å². The van der Waals surface area contributed by atoms with Crippen LogP contribution < -0.4 is 4.89 Å². The van der Waals surface area contributed by atoms with Crippen LogP contribution >= 0.6 is 8.03 Å². The monoisotopic (exact) mass is 216 g/mol. The van der Waals surface area contributed by atoms with E-state index in [1.165, 1.54) is 0 Å². The van der Waals surface area contributed by atoms with E-state index in [1.807, 2.05) is 0 Å². The van der Waals surface area contributed by atoms with Crippen LogP contribution in [0.1, 0.15) is 19.3 Å².